The summed E-state index contributed by atoms with van der Waals surface area (Å²) in [6, 6.07) is 7.76. The number of carbonyl (C=O) groups is 1. The number of methoxy groups -OCH3 is 1. The van der Waals surface area contributed by atoms with Crippen LogP contribution in [0, 0.1) is 0 Å². The zero-order chi connectivity index (χ0) is 16.7. The molecular formula is C16H22N4O2S. The van der Waals surface area contributed by atoms with Crippen molar-refractivity contribution in [2.75, 3.05) is 12.9 Å². The van der Waals surface area contributed by atoms with E-state index >= 15 is 0 Å². The van der Waals surface area contributed by atoms with E-state index in [2.05, 4.69) is 27.4 Å². The second-order valence-electron chi connectivity index (χ2n) is 5.24. The van der Waals surface area contributed by atoms with Crippen molar-refractivity contribution in [3.8, 4) is 17.1 Å². The number of H-pyrrole nitrogens is 1. The highest BCUT2D eigenvalue weighted by Gasteiger charge is 2.10. The Labute approximate surface area is 140 Å². The van der Waals surface area contributed by atoms with Gasteiger partial charge in [0, 0.05) is 11.6 Å². The topological polar surface area (TPSA) is 79.9 Å². The highest BCUT2D eigenvalue weighted by molar-refractivity contribution is 7.99. The third kappa shape index (κ3) is 5.28. The Kier molecular flexibility index (Phi) is 6.46. The Morgan fingerprint density at radius 2 is 2.13 bits per heavy atom. The molecule has 1 amide bonds. The smallest absolute Gasteiger partial charge is 0.230 e. The molecule has 1 atom stereocenters. The zero-order valence-electron chi connectivity index (χ0n) is 13.6. The van der Waals surface area contributed by atoms with Crippen LogP contribution < -0.4 is 10.1 Å². The van der Waals surface area contributed by atoms with Crippen LogP contribution in [-0.2, 0) is 4.79 Å². The fourth-order valence-electron chi connectivity index (χ4n) is 2.14. The molecule has 0 aliphatic heterocycles. The third-order valence-corrected chi connectivity index (χ3v) is 4.14. The monoisotopic (exact) mass is 334 g/mol. The first-order valence-electron chi connectivity index (χ1n) is 7.61. The summed E-state index contributed by atoms with van der Waals surface area (Å²) in [4.78, 5) is 16.2. The van der Waals surface area contributed by atoms with Crippen LogP contribution in [-0.4, -0.2) is 40.0 Å². The maximum Gasteiger partial charge on any atom is 0.230 e. The Balaban J connectivity index is 1.88. The number of aromatic nitrogens is 3. The molecule has 0 saturated heterocycles. The number of ether oxygens (including phenoxy) is 1. The van der Waals surface area contributed by atoms with Crippen LogP contribution in [0.5, 0.6) is 5.75 Å². The standard InChI is InChI=1S/C16H22N4O2S/c1-4-5-11(2)17-14(21)10-23-16-18-15(19-20-16)12-6-8-13(22-3)9-7-12/h6-9,11H,4-5,10H2,1-3H3,(H,17,21)(H,18,19,20)/t11-/m1/s1. The van der Waals surface area contributed by atoms with Crippen molar-refractivity contribution in [1.29, 1.82) is 0 Å². The van der Waals surface area contributed by atoms with Gasteiger partial charge in [-0.05, 0) is 37.6 Å². The normalized spacial score (nSPS) is 12.0. The molecule has 2 N–H and O–H groups in total. The minimum Gasteiger partial charge on any atom is -0.497 e. The van der Waals surface area contributed by atoms with Crippen molar-refractivity contribution < 1.29 is 9.53 Å². The van der Waals surface area contributed by atoms with Gasteiger partial charge < -0.3 is 10.1 Å². The third-order valence-electron chi connectivity index (χ3n) is 3.29. The maximum absolute atomic E-state index is 11.8. The molecule has 0 aliphatic rings. The number of nitrogens with one attached hydrogen (secondary N) is 2. The van der Waals surface area contributed by atoms with Gasteiger partial charge in [-0.15, -0.1) is 5.10 Å². The predicted octanol–water partition coefficient (Wildman–Crippen LogP) is 2.88. The molecule has 0 fully saturated rings. The van der Waals surface area contributed by atoms with Crippen molar-refractivity contribution in [2.24, 2.45) is 0 Å². The summed E-state index contributed by atoms with van der Waals surface area (Å²) in [7, 11) is 1.63. The largest absolute Gasteiger partial charge is 0.497 e. The Morgan fingerprint density at radius 1 is 1.39 bits per heavy atom. The molecule has 1 aromatic heterocycles. The van der Waals surface area contributed by atoms with Crippen LogP contribution in [0.2, 0.25) is 0 Å². The number of hydrogen-bond donors (Lipinski definition) is 2. The zero-order valence-corrected chi connectivity index (χ0v) is 14.4. The van der Waals surface area contributed by atoms with Gasteiger partial charge in [0.1, 0.15) is 5.75 Å². The molecule has 0 unspecified atom stereocenters. The van der Waals surface area contributed by atoms with Crippen molar-refractivity contribution >= 4 is 17.7 Å². The van der Waals surface area contributed by atoms with Crippen molar-refractivity contribution in [2.45, 2.75) is 37.9 Å². The summed E-state index contributed by atoms with van der Waals surface area (Å²) in [5.74, 6) is 1.79. The van der Waals surface area contributed by atoms with E-state index in [1.165, 1.54) is 11.8 Å². The lowest BCUT2D eigenvalue weighted by atomic mass is 10.2. The van der Waals surface area contributed by atoms with E-state index in [9.17, 15) is 4.79 Å². The van der Waals surface area contributed by atoms with Gasteiger partial charge in [0.2, 0.25) is 11.1 Å². The molecule has 0 spiro atoms. The average molecular weight is 334 g/mol. The number of rotatable bonds is 8. The van der Waals surface area contributed by atoms with Crippen LogP contribution in [0.15, 0.2) is 29.4 Å². The van der Waals surface area contributed by atoms with Gasteiger partial charge in [0.15, 0.2) is 5.82 Å². The van der Waals surface area contributed by atoms with Gasteiger partial charge in [-0.25, -0.2) is 4.98 Å². The summed E-state index contributed by atoms with van der Waals surface area (Å²) in [6.07, 6.45) is 2.04. The first kappa shape index (κ1) is 17.3. The van der Waals surface area contributed by atoms with Crippen LogP contribution >= 0.6 is 11.8 Å². The summed E-state index contributed by atoms with van der Waals surface area (Å²) in [6.45, 7) is 4.12. The van der Waals surface area contributed by atoms with E-state index in [1.54, 1.807) is 7.11 Å². The van der Waals surface area contributed by atoms with Gasteiger partial charge in [-0.1, -0.05) is 25.1 Å². The van der Waals surface area contributed by atoms with Gasteiger partial charge in [-0.3, -0.25) is 9.89 Å². The van der Waals surface area contributed by atoms with E-state index in [-0.39, 0.29) is 11.9 Å². The minimum atomic E-state index is 0.00625. The fourth-order valence-corrected chi connectivity index (χ4v) is 2.75. The number of amides is 1. The molecule has 6 nitrogen and oxygen atoms in total. The number of benzene rings is 1. The molecule has 0 bridgehead atoms. The number of nitrogens with zero attached hydrogens (tertiary/aromatic N) is 2. The summed E-state index contributed by atoms with van der Waals surface area (Å²) < 4.78 is 5.13. The number of carbonyl (C=O) groups excluding carboxylic acids is 1. The number of hydrogen-bond acceptors (Lipinski definition) is 5. The Morgan fingerprint density at radius 3 is 2.78 bits per heavy atom. The molecule has 23 heavy (non-hydrogen) atoms. The second kappa shape index (κ2) is 8.57. The fraction of sp³-hybridized carbons (Fsp3) is 0.438. The van der Waals surface area contributed by atoms with Crippen LogP contribution in [0.3, 0.4) is 0 Å². The quantitative estimate of drug-likeness (QED) is 0.726. The molecule has 0 saturated carbocycles. The van der Waals surface area contributed by atoms with Crippen LogP contribution in [0.25, 0.3) is 11.4 Å². The van der Waals surface area contributed by atoms with Gasteiger partial charge in [0.25, 0.3) is 0 Å². The Hall–Kier alpha value is -2.02. The summed E-state index contributed by atoms with van der Waals surface area (Å²) in [5, 5.41) is 10.6. The first-order valence-corrected chi connectivity index (χ1v) is 8.60. The lowest BCUT2D eigenvalue weighted by molar-refractivity contribution is -0.119. The van der Waals surface area contributed by atoms with E-state index in [1.807, 2.05) is 31.2 Å². The van der Waals surface area contributed by atoms with E-state index in [4.69, 9.17) is 4.74 Å². The lowest BCUT2D eigenvalue weighted by Gasteiger charge is -2.11. The molecule has 2 rings (SSSR count). The molecule has 2 aromatic rings. The van der Waals surface area contributed by atoms with E-state index < -0.39 is 0 Å². The SMILES string of the molecule is CCC[C@@H](C)NC(=O)CSc1n[nH]c(-c2ccc(OC)cc2)n1. The molecular weight excluding hydrogens is 312 g/mol. The minimum absolute atomic E-state index is 0.00625. The van der Waals surface area contributed by atoms with Gasteiger partial charge >= 0.3 is 0 Å². The second-order valence-corrected chi connectivity index (χ2v) is 6.18. The highest BCUT2D eigenvalue weighted by Crippen LogP contribution is 2.21. The average Bonchev–Trinajstić information content (AvgIpc) is 3.02. The van der Waals surface area contributed by atoms with Crippen LogP contribution in [0.1, 0.15) is 26.7 Å². The van der Waals surface area contributed by atoms with Crippen molar-refractivity contribution in [3.05, 3.63) is 24.3 Å². The van der Waals surface area contributed by atoms with Gasteiger partial charge in [-0.2, -0.15) is 0 Å². The molecule has 0 aliphatic carbocycles. The molecule has 0 radical (unpaired) electrons. The lowest BCUT2D eigenvalue weighted by Crippen LogP contribution is -2.33. The first-order chi connectivity index (χ1) is 11.1. The number of thioether (sulfide) groups is 1. The summed E-state index contributed by atoms with van der Waals surface area (Å²) in [5.41, 5.74) is 0.922. The molecule has 7 heteroatoms. The van der Waals surface area contributed by atoms with Crippen molar-refractivity contribution in [3.63, 3.8) is 0 Å². The Bertz CT molecular complexity index is 627. The molecule has 124 valence electrons. The molecule has 1 aromatic carbocycles. The van der Waals surface area contributed by atoms with Gasteiger partial charge in [0.05, 0.1) is 12.9 Å². The van der Waals surface area contributed by atoms with Crippen molar-refractivity contribution in [1.82, 2.24) is 20.5 Å². The predicted molar refractivity (Wildman–Crippen MR) is 91.6 cm³/mol. The van der Waals surface area contributed by atoms with E-state index in [0.29, 0.717) is 16.7 Å². The maximum atomic E-state index is 11.8. The van der Waals surface area contributed by atoms with Crippen LogP contribution in [0.4, 0.5) is 0 Å². The summed E-state index contributed by atoms with van der Waals surface area (Å²) >= 11 is 1.32. The molecule has 1 heterocycles. The highest BCUT2D eigenvalue weighted by atomic mass is 32.2. The number of aromatic amines is 1. The van der Waals surface area contributed by atoms with E-state index in [0.717, 1.165) is 24.2 Å².